The molecule has 5 heteroatoms. The smallest absolute Gasteiger partial charge is 0.407 e. The zero-order valence-corrected chi connectivity index (χ0v) is 11.0. The van der Waals surface area contributed by atoms with Crippen LogP contribution in [-0.2, 0) is 16.1 Å². The Morgan fingerprint density at radius 3 is 2.74 bits per heavy atom. The summed E-state index contributed by atoms with van der Waals surface area (Å²) in [5, 5.41) is 2.78. The molecule has 19 heavy (non-hydrogen) atoms. The maximum absolute atomic E-state index is 11.6. The van der Waals surface area contributed by atoms with Crippen LogP contribution >= 0.6 is 0 Å². The van der Waals surface area contributed by atoms with Crippen LogP contribution in [0, 0.1) is 0 Å². The molecule has 1 aromatic rings. The van der Waals surface area contributed by atoms with Crippen molar-refractivity contribution in [3.63, 3.8) is 0 Å². The molecule has 102 valence electrons. The van der Waals surface area contributed by atoms with Gasteiger partial charge in [-0.25, -0.2) is 4.79 Å². The van der Waals surface area contributed by atoms with E-state index < -0.39 is 6.09 Å². The Labute approximate surface area is 112 Å². The standard InChI is InChI=1S/C14H18N2O3/c1-11(17)16-8-7-13(9-16)15-14(18)19-10-12-5-3-2-4-6-12/h2-6,13H,7-10H2,1H3,(H,15,18). The third kappa shape index (κ3) is 3.98. The van der Waals surface area contributed by atoms with Crippen LogP contribution in [0.3, 0.4) is 0 Å². The average molecular weight is 262 g/mol. The Hall–Kier alpha value is -2.04. The van der Waals surface area contributed by atoms with Crippen molar-refractivity contribution in [1.82, 2.24) is 10.2 Å². The van der Waals surface area contributed by atoms with Gasteiger partial charge in [0, 0.05) is 20.0 Å². The Morgan fingerprint density at radius 1 is 1.37 bits per heavy atom. The summed E-state index contributed by atoms with van der Waals surface area (Å²) >= 11 is 0. The first-order chi connectivity index (χ1) is 9.15. The van der Waals surface area contributed by atoms with Gasteiger partial charge in [-0.05, 0) is 12.0 Å². The number of ether oxygens (including phenoxy) is 1. The number of carbonyl (C=O) groups excluding carboxylic acids is 2. The van der Waals surface area contributed by atoms with Gasteiger partial charge in [-0.2, -0.15) is 0 Å². The predicted molar refractivity (Wildman–Crippen MR) is 70.4 cm³/mol. The number of alkyl carbamates (subject to hydrolysis) is 1. The topological polar surface area (TPSA) is 58.6 Å². The molecule has 1 heterocycles. The van der Waals surface area contributed by atoms with Crippen LogP contribution in [-0.4, -0.2) is 36.0 Å². The number of nitrogens with one attached hydrogen (secondary N) is 1. The minimum absolute atomic E-state index is 0.00725. The van der Waals surface area contributed by atoms with E-state index in [1.54, 1.807) is 4.90 Å². The summed E-state index contributed by atoms with van der Waals surface area (Å²) in [4.78, 5) is 24.5. The molecule has 1 atom stereocenters. The molecular weight excluding hydrogens is 244 g/mol. The largest absolute Gasteiger partial charge is 0.445 e. The molecule has 2 rings (SSSR count). The van der Waals surface area contributed by atoms with Crippen LogP contribution in [0.25, 0.3) is 0 Å². The van der Waals surface area contributed by atoms with Crippen molar-refractivity contribution in [3.05, 3.63) is 35.9 Å². The second kappa shape index (κ2) is 6.22. The molecule has 0 bridgehead atoms. The van der Waals surface area contributed by atoms with Gasteiger partial charge in [0.1, 0.15) is 6.61 Å². The van der Waals surface area contributed by atoms with E-state index in [2.05, 4.69) is 5.32 Å². The molecule has 1 unspecified atom stereocenters. The van der Waals surface area contributed by atoms with Crippen LogP contribution in [0.15, 0.2) is 30.3 Å². The van der Waals surface area contributed by atoms with Crippen LogP contribution in [0.5, 0.6) is 0 Å². The van der Waals surface area contributed by atoms with E-state index in [9.17, 15) is 9.59 Å². The summed E-state index contributed by atoms with van der Waals surface area (Å²) in [6, 6.07) is 9.52. The Balaban J connectivity index is 1.72. The van der Waals surface area contributed by atoms with E-state index in [-0.39, 0.29) is 18.6 Å². The Morgan fingerprint density at radius 2 is 2.11 bits per heavy atom. The summed E-state index contributed by atoms with van der Waals surface area (Å²) in [5.41, 5.74) is 0.953. The highest BCUT2D eigenvalue weighted by Crippen LogP contribution is 2.09. The molecule has 0 saturated carbocycles. The predicted octanol–water partition coefficient (Wildman–Crippen LogP) is 1.53. The average Bonchev–Trinajstić information content (AvgIpc) is 2.86. The number of likely N-dealkylation sites (tertiary alicyclic amines) is 1. The van der Waals surface area contributed by atoms with Crippen LogP contribution in [0.4, 0.5) is 4.79 Å². The minimum Gasteiger partial charge on any atom is -0.445 e. The molecule has 0 aromatic heterocycles. The fraction of sp³-hybridized carbons (Fsp3) is 0.429. The first kappa shape index (κ1) is 13.4. The summed E-state index contributed by atoms with van der Waals surface area (Å²) in [6.45, 7) is 3.06. The SMILES string of the molecule is CC(=O)N1CCC(NC(=O)OCc2ccccc2)C1. The molecule has 0 aliphatic carbocycles. The lowest BCUT2D eigenvalue weighted by atomic mass is 10.2. The van der Waals surface area contributed by atoms with Gasteiger partial charge in [0.2, 0.25) is 5.91 Å². The lowest BCUT2D eigenvalue weighted by molar-refractivity contribution is -0.127. The van der Waals surface area contributed by atoms with Gasteiger partial charge in [-0.15, -0.1) is 0 Å². The van der Waals surface area contributed by atoms with E-state index in [1.807, 2.05) is 30.3 Å². The van der Waals surface area contributed by atoms with Gasteiger partial charge in [0.25, 0.3) is 0 Å². The molecule has 2 amide bonds. The number of hydrogen-bond acceptors (Lipinski definition) is 3. The number of benzene rings is 1. The van der Waals surface area contributed by atoms with Crippen LogP contribution in [0.2, 0.25) is 0 Å². The van der Waals surface area contributed by atoms with Gasteiger partial charge in [0.05, 0.1) is 6.04 Å². The number of carbonyl (C=O) groups is 2. The third-order valence-corrected chi connectivity index (χ3v) is 3.17. The lowest BCUT2D eigenvalue weighted by Crippen LogP contribution is -2.38. The molecule has 5 nitrogen and oxygen atoms in total. The highest BCUT2D eigenvalue weighted by Gasteiger charge is 2.25. The number of nitrogens with zero attached hydrogens (tertiary/aromatic N) is 1. The van der Waals surface area contributed by atoms with Crippen molar-refractivity contribution in [2.24, 2.45) is 0 Å². The zero-order chi connectivity index (χ0) is 13.7. The van der Waals surface area contributed by atoms with Gasteiger partial charge >= 0.3 is 6.09 Å². The lowest BCUT2D eigenvalue weighted by Gasteiger charge is -2.15. The Bertz CT molecular complexity index is 447. The highest BCUT2D eigenvalue weighted by molar-refractivity contribution is 5.74. The summed E-state index contributed by atoms with van der Waals surface area (Å²) < 4.78 is 5.13. The van der Waals surface area contributed by atoms with E-state index in [0.717, 1.165) is 12.0 Å². The molecule has 1 aliphatic heterocycles. The third-order valence-electron chi connectivity index (χ3n) is 3.17. The highest BCUT2D eigenvalue weighted by atomic mass is 16.5. The molecule has 0 spiro atoms. The normalized spacial score (nSPS) is 18.2. The first-order valence-electron chi connectivity index (χ1n) is 6.38. The maximum Gasteiger partial charge on any atom is 0.407 e. The maximum atomic E-state index is 11.6. The fourth-order valence-corrected chi connectivity index (χ4v) is 2.10. The van der Waals surface area contributed by atoms with Crippen molar-refractivity contribution in [2.45, 2.75) is 26.0 Å². The van der Waals surface area contributed by atoms with Crippen molar-refractivity contribution >= 4 is 12.0 Å². The zero-order valence-electron chi connectivity index (χ0n) is 11.0. The molecule has 1 aromatic carbocycles. The molecule has 1 aliphatic rings. The van der Waals surface area contributed by atoms with E-state index in [0.29, 0.717) is 13.1 Å². The summed E-state index contributed by atoms with van der Waals surface area (Å²) in [6.07, 6.45) is 0.347. The monoisotopic (exact) mass is 262 g/mol. The Kier molecular flexibility index (Phi) is 4.39. The van der Waals surface area contributed by atoms with Crippen molar-refractivity contribution in [3.8, 4) is 0 Å². The first-order valence-corrected chi connectivity index (χ1v) is 6.38. The van der Waals surface area contributed by atoms with E-state index >= 15 is 0 Å². The second-order valence-corrected chi connectivity index (χ2v) is 4.66. The minimum atomic E-state index is -0.431. The fourth-order valence-electron chi connectivity index (χ4n) is 2.10. The van der Waals surface area contributed by atoms with Crippen molar-refractivity contribution < 1.29 is 14.3 Å². The quantitative estimate of drug-likeness (QED) is 0.898. The molecule has 1 saturated heterocycles. The summed E-state index contributed by atoms with van der Waals surface area (Å²) in [7, 11) is 0. The van der Waals surface area contributed by atoms with Gasteiger partial charge in [0.15, 0.2) is 0 Å². The van der Waals surface area contributed by atoms with Crippen LogP contribution in [0.1, 0.15) is 18.9 Å². The van der Waals surface area contributed by atoms with Gasteiger partial charge in [-0.1, -0.05) is 30.3 Å². The van der Waals surface area contributed by atoms with Crippen LogP contribution < -0.4 is 5.32 Å². The number of rotatable bonds is 3. The van der Waals surface area contributed by atoms with Gasteiger partial charge < -0.3 is 15.0 Å². The number of hydrogen-bond donors (Lipinski definition) is 1. The molecule has 1 N–H and O–H groups in total. The number of amides is 2. The van der Waals surface area contributed by atoms with Crippen molar-refractivity contribution in [2.75, 3.05) is 13.1 Å². The molecular formula is C14H18N2O3. The van der Waals surface area contributed by atoms with E-state index in [1.165, 1.54) is 6.92 Å². The summed E-state index contributed by atoms with van der Waals surface area (Å²) in [5.74, 6) is 0.0435. The van der Waals surface area contributed by atoms with Crippen molar-refractivity contribution in [1.29, 1.82) is 0 Å². The second-order valence-electron chi connectivity index (χ2n) is 4.66. The van der Waals surface area contributed by atoms with E-state index in [4.69, 9.17) is 4.74 Å². The molecule has 1 fully saturated rings. The van der Waals surface area contributed by atoms with Gasteiger partial charge in [-0.3, -0.25) is 4.79 Å². The molecule has 0 radical (unpaired) electrons.